The molecule has 1 atom stereocenters. The maximum atomic E-state index is 13.7. The summed E-state index contributed by atoms with van der Waals surface area (Å²) in [6, 6.07) is 9.61. The van der Waals surface area contributed by atoms with Gasteiger partial charge in [0.1, 0.15) is 0 Å². The summed E-state index contributed by atoms with van der Waals surface area (Å²) in [5, 5.41) is 9.99. The summed E-state index contributed by atoms with van der Waals surface area (Å²) >= 11 is 0. The number of halogens is 1. The molecular weight excluding hydrogens is 285 g/mol. The zero-order valence-corrected chi connectivity index (χ0v) is 12.7. The van der Waals surface area contributed by atoms with E-state index in [1.807, 2.05) is 6.92 Å². The van der Waals surface area contributed by atoms with Crippen molar-refractivity contribution in [1.82, 2.24) is 0 Å². The van der Waals surface area contributed by atoms with Gasteiger partial charge in [0.25, 0.3) is 0 Å². The lowest BCUT2D eigenvalue weighted by Gasteiger charge is -2.09. The van der Waals surface area contributed by atoms with E-state index in [1.54, 1.807) is 36.5 Å². The van der Waals surface area contributed by atoms with Crippen molar-refractivity contribution in [1.29, 1.82) is 0 Å². The molecule has 22 heavy (non-hydrogen) atoms. The molecule has 0 aliphatic carbocycles. The highest BCUT2D eigenvalue weighted by molar-refractivity contribution is 5.84. The van der Waals surface area contributed by atoms with Crippen LogP contribution in [0.1, 0.15) is 24.1 Å². The molecule has 2 aromatic rings. The Kier molecular flexibility index (Phi) is 4.99. The summed E-state index contributed by atoms with van der Waals surface area (Å²) in [6.07, 6.45) is 1.55. The number of rotatable bonds is 5. The summed E-state index contributed by atoms with van der Waals surface area (Å²) in [5.74, 6) is 0.186. The van der Waals surface area contributed by atoms with Crippen LogP contribution in [-0.4, -0.2) is 25.5 Å². The molecule has 0 aromatic heterocycles. The Morgan fingerprint density at radius 1 is 1.14 bits per heavy atom. The second-order valence-electron chi connectivity index (χ2n) is 4.75. The number of aromatic hydroxyl groups is 1. The molecule has 2 rings (SSSR count). The zero-order valence-electron chi connectivity index (χ0n) is 12.7. The van der Waals surface area contributed by atoms with E-state index in [0.717, 1.165) is 5.56 Å². The molecule has 0 amide bonds. The first-order chi connectivity index (χ1) is 10.6. The summed E-state index contributed by atoms with van der Waals surface area (Å²) in [7, 11) is 2.91. The number of methoxy groups -OCH3 is 2. The monoisotopic (exact) mass is 303 g/mol. The van der Waals surface area contributed by atoms with Gasteiger partial charge >= 0.3 is 0 Å². The molecule has 5 heteroatoms. The molecule has 0 saturated heterocycles. The standard InChI is InChI=1S/C17H18FNO3/c1-11(12-7-8-15(21-2)14(18)9-12)19-10-13-5-4-6-16(22-3)17(13)20/h4-11,20H,1-3H3/t11-/m1/s1. The minimum Gasteiger partial charge on any atom is -0.504 e. The predicted octanol–water partition coefficient (Wildman–Crippen LogP) is 3.73. The van der Waals surface area contributed by atoms with Gasteiger partial charge in [0.2, 0.25) is 0 Å². The van der Waals surface area contributed by atoms with E-state index in [1.165, 1.54) is 20.3 Å². The number of ether oxygens (including phenoxy) is 2. The smallest absolute Gasteiger partial charge is 0.166 e. The van der Waals surface area contributed by atoms with Crippen molar-refractivity contribution in [3.63, 3.8) is 0 Å². The molecule has 116 valence electrons. The molecular formula is C17H18FNO3. The van der Waals surface area contributed by atoms with Crippen molar-refractivity contribution in [2.75, 3.05) is 14.2 Å². The summed E-state index contributed by atoms with van der Waals surface area (Å²) in [5.41, 5.74) is 1.26. The molecule has 1 N–H and O–H groups in total. The van der Waals surface area contributed by atoms with Gasteiger partial charge in [-0.25, -0.2) is 4.39 Å². The van der Waals surface area contributed by atoms with Gasteiger partial charge in [0.05, 0.1) is 20.3 Å². The summed E-state index contributed by atoms with van der Waals surface area (Å²) in [4.78, 5) is 4.35. The van der Waals surface area contributed by atoms with Crippen LogP contribution >= 0.6 is 0 Å². The van der Waals surface area contributed by atoms with E-state index in [4.69, 9.17) is 9.47 Å². The number of phenolic OH excluding ortho intramolecular Hbond substituents is 1. The predicted molar refractivity (Wildman–Crippen MR) is 83.6 cm³/mol. The Balaban J connectivity index is 2.21. The minimum atomic E-state index is -0.425. The average Bonchev–Trinajstić information content (AvgIpc) is 2.53. The van der Waals surface area contributed by atoms with Gasteiger partial charge in [-0.3, -0.25) is 4.99 Å². The quantitative estimate of drug-likeness (QED) is 0.856. The van der Waals surface area contributed by atoms with Crippen molar-refractivity contribution in [2.45, 2.75) is 13.0 Å². The molecule has 0 unspecified atom stereocenters. The van der Waals surface area contributed by atoms with E-state index < -0.39 is 5.82 Å². The maximum Gasteiger partial charge on any atom is 0.166 e. The average molecular weight is 303 g/mol. The van der Waals surface area contributed by atoms with Crippen LogP contribution in [-0.2, 0) is 0 Å². The van der Waals surface area contributed by atoms with Gasteiger partial charge in [-0.2, -0.15) is 0 Å². The molecule has 0 aliphatic heterocycles. The van der Waals surface area contributed by atoms with Gasteiger partial charge in [-0.05, 0) is 36.8 Å². The number of phenols is 1. The lowest BCUT2D eigenvalue weighted by molar-refractivity contribution is 0.373. The fourth-order valence-electron chi connectivity index (χ4n) is 2.03. The topological polar surface area (TPSA) is 51.0 Å². The fraction of sp³-hybridized carbons (Fsp3) is 0.235. The van der Waals surface area contributed by atoms with Gasteiger partial charge in [0, 0.05) is 11.8 Å². The van der Waals surface area contributed by atoms with Crippen LogP contribution in [0.4, 0.5) is 4.39 Å². The van der Waals surface area contributed by atoms with E-state index in [0.29, 0.717) is 11.3 Å². The summed E-state index contributed by atoms with van der Waals surface area (Å²) in [6.45, 7) is 1.84. The zero-order chi connectivity index (χ0) is 16.1. The number of hydrogen-bond donors (Lipinski definition) is 1. The van der Waals surface area contributed by atoms with Gasteiger partial charge in [0.15, 0.2) is 23.1 Å². The fourth-order valence-corrected chi connectivity index (χ4v) is 2.03. The Morgan fingerprint density at radius 2 is 1.86 bits per heavy atom. The summed E-state index contributed by atoms with van der Waals surface area (Å²) < 4.78 is 23.6. The van der Waals surface area contributed by atoms with Crippen molar-refractivity contribution >= 4 is 6.21 Å². The number of hydrogen-bond acceptors (Lipinski definition) is 4. The third-order valence-electron chi connectivity index (χ3n) is 3.35. The second-order valence-corrected chi connectivity index (χ2v) is 4.75. The minimum absolute atomic E-state index is 0.0295. The lowest BCUT2D eigenvalue weighted by atomic mass is 10.1. The SMILES string of the molecule is COc1ccc([C@@H](C)N=Cc2cccc(OC)c2O)cc1F. The Morgan fingerprint density at radius 3 is 2.50 bits per heavy atom. The van der Waals surface area contributed by atoms with Crippen LogP contribution in [0.15, 0.2) is 41.4 Å². The molecule has 0 radical (unpaired) electrons. The number of nitrogens with zero attached hydrogens (tertiary/aromatic N) is 1. The number of aliphatic imine (C=N–C) groups is 1. The van der Waals surface area contributed by atoms with Crippen LogP contribution in [0.2, 0.25) is 0 Å². The number of benzene rings is 2. The van der Waals surface area contributed by atoms with Crippen LogP contribution in [0.25, 0.3) is 0 Å². The maximum absolute atomic E-state index is 13.7. The largest absolute Gasteiger partial charge is 0.504 e. The van der Waals surface area contributed by atoms with Crippen molar-refractivity contribution in [3.8, 4) is 17.2 Å². The highest BCUT2D eigenvalue weighted by Crippen LogP contribution is 2.29. The van der Waals surface area contributed by atoms with Gasteiger partial charge in [-0.1, -0.05) is 12.1 Å². The lowest BCUT2D eigenvalue weighted by Crippen LogP contribution is -1.95. The third kappa shape index (κ3) is 3.36. The molecule has 0 aliphatic rings. The van der Waals surface area contributed by atoms with Crippen molar-refractivity contribution in [2.24, 2.45) is 4.99 Å². The van der Waals surface area contributed by atoms with Gasteiger partial charge in [-0.15, -0.1) is 0 Å². The van der Waals surface area contributed by atoms with E-state index >= 15 is 0 Å². The Labute approximate surface area is 128 Å². The van der Waals surface area contributed by atoms with Crippen LogP contribution in [0.3, 0.4) is 0 Å². The first-order valence-electron chi connectivity index (χ1n) is 6.79. The van der Waals surface area contributed by atoms with Crippen LogP contribution in [0.5, 0.6) is 17.2 Å². The van der Waals surface area contributed by atoms with E-state index in [-0.39, 0.29) is 17.5 Å². The van der Waals surface area contributed by atoms with Crippen molar-refractivity contribution in [3.05, 3.63) is 53.3 Å². The molecule has 4 nitrogen and oxygen atoms in total. The molecule has 2 aromatic carbocycles. The van der Waals surface area contributed by atoms with Crippen LogP contribution < -0.4 is 9.47 Å². The molecule has 0 spiro atoms. The Bertz CT molecular complexity index is 686. The second kappa shape index (κ2) is 6.93. The first-order valence-corrected chi connectivity index (χ1v) is 6.79. The molecule has 0 heterocycles. The normalized spacial score (nSPS) is 12.4. The van der Waals surface area contributed by atoms with E-state index in [2.05, 4.69) is 4.99 Å². The van der Waals surface area contributed by atoms with E-state index in [9.17, 15) is 9.50 Å². The molecule has 0 fully saturated rings. The highest BCUT2D eigenvalue weighted by atomic mass is 19.1. The van der Waals surface area contributed by atoms with Crippen molar-refractivity contribution < 1.29 is 19.0 Å². The molecule has 0 bridgehead atoms. The molecule has 0 saturated carbocycles. The Hall–Kier alpha value is -2.56. The van der Waals surface area contributed by atoms with Crippen LogP contribution in [0, 0.1) is 5.82 Å². The van der Waals surface area contributed by atoms with Gasteiger partial charge < -0.3 is 14.6 Å². The number of para-hydroxylation sites is 1. The first kappa shape index (κ1) is 15.8. The highest BCUT2D eigenvalue weighted by Gasteiger charge is 2.09. The third-order valence-corrected chi connectivity index (χ3v) is 3.35.